The topological polar surface area (TPSA) is 17.3 Å². The second-order valence-electron chi connectivity index (χ2n) is 3.58. The summed E-state index contributed by atoms with van der Waals surface area (Å²) in [4.78, 5) is 4.45. The summed E-state index contributed by atoms with van der Waals surface area (Å²) in [5.74, 6) is 0. The minimum absolute atomic E-state index is 1.01. The summed E-state index contributed by atoms with van der Waals surface area (Å²) in [5, 5.41) is 0. The lowest BCUT2D eigenvalue weighted by atomic mass is 10.3. The SMILES string of the molecule is CCC/C=C/N=c1c(C)cc(Br)cn1C. The first-order valence-corrected chi connectivity index (χ1v) is 5.96. The van der Waals surface area contributed by atoms with Crippen molar-refractivity contribution in [3.63, 3.8) is 0 Å². The molecule has 0 saturated carbocycles. The molecule has 0 aliphatic rings. The number of hydrogen-bond donors (Lipinski definition) is 0. The van der Waals surface area contributed by atoms with E-state index in [0.717, 1.165) is 22.8 Å². The molecule has 0 N–H and O–H groups in total. The van der Waals surface area contributed by atoms with Crippen molar-refractivity contribution >= 4 is 15.9 Å². The average Bonchev–Trinajstić information content (AvgIpc) is 2.15. The van der Waals surface area contributed by atoms with Gasteiger partial charge in [0, 0.05) is 23.9 Å². The molecule has 1 aromatic rings. The molecule has 0 aliphatic carbocycles. The van der Waals surface area contributed by atoms with Crippen LogP contribution in [0.3, 0.4) is 0 Å². The first-order valence-electron chi connectivity index (χ1n) is 5.16. The molecular weight excluding hydrogens is 252 g/mol. The van der Waals surface area contributed by atoms with Gasteiger partial charge >= 0.3 is 0 Å². The van der Waals surface area contributed by atoms with Crippen LogP contribution in [0.15, 0.2) is 34.0 Å². The predicted molar refractivity (Wildman–Crippen MR) is 67.5 cm³/mol. The standard InChI is InChI=1S/C12H17BrN2/c1-4-5-6-7-14-12-10(2)8-11(13)9-15(12)3/h6-9H,4-5H2,1-3H3/b7-6+,14-12?. The Bertz CT molecular complexity index is 390. The number of halogens is 1. The van der Waals surface area contributed by atoms with Crippen LogP contribution in [-0.4, -0.2) is 4.57 Å². The van der Waals surface area contributed by atoms with Crippen LogP contribution >= 0.6 is 15.9 Å². The Balaban J connectivity index is 3.03. The van der Waals surface area contributed by atoms with Crippen LogP contribution in [0, 0.1) is 6.92 Å². The van der Waals surface area contributed by atoms with Crippen molar-refractivity contribution in [2.24, 2.45) is 12.0 Å². The van der Waals surface area contributed by atoms with Gasteiger partial charge in [-0.3, -0.25) is 0 Å². The highest BCUT2D eigenvalue weighted by Gasteiger charge is 1.94. The van der Waals surface area contributed by atoms with Gasteiger partial charge in [-0.25, -0.2) is 4.99 Å². The Labute approximate surface area is 99.5 Å². The van der Waals surface area contributed by atoms with Crippen LogP contribution in [0.2, 0.25) is 0 Å². The van der Waals surface area contributed by atoms with E-state index in [1.807, 2.05) is 24.0 Å². The summed E-state index contributed by atoms with van der Waals surface area (Å²) in [6, 6.07) is 2.08. The van der Waals surface area contributed by atoms with E-state index in [1.165, 1.54) is 5.56 Å². The van der Waals surface area contributed by atoms with Gasteiger partial charge in [-0.1, -0.05) is 19.4 Å². The van der Waals surface area contributed by atoms with Crippen molar-refractivity contribution < 1.29 is 0 Å². The molecule has 1 heterocycles. The lowest BCUT2D eigenvalue weighted by molar-refractivity contribution is 0.816. The number of allylic oxidation sites excluding steroid dienone is 1. The molecule has 82 valence electrons. The number of rotatable bonds is 3. The maximum atomic E-state index is 4.45. The Morgan fingerprint density at radius 2 is 2.27 bits per heavy atom. The maximum Gasteiger partial charge on any atom is 0.135 e. The molecule has 0 bridgehead atoms. The quantitative estimate of drug-likeness (QED) is 0.801. The monoisotopic (exact) mass is 268 g/mol. The highest BCUT2D eigenvalue weighted by Crippen LogP contribution is 2.07. The Morgan fingerprint density at radius 1 is 1.53 bits per heavy atom. The Morgan fingerprint density at radius 3 is 2.87 bits per heavy atom. The Hall–Kier alpha value is -0.830. The van der Waals surface area contributed by atoms with E-state index in [1.54, 1.807) is 0 Å². The smallest absolute Gasteiger partial charge is 0.135 e. The van der Waals surface area contributed by atoms with Crippen LogP contribution in [0.4, 0.5) is 0 Å². The van der Waals surface area contributed by atoms with E-state index >= 15 is 0 Å². The molecule has 0 aliphatic heterocycles. The second-order valence-corrected chi connectivity index (χ2v) is 4.49. The summed E-state index contributed by atoms with van der Waals surface area (Å²) >= 11 is 3.46. The van der Waals surface area contributed by atoms with Gasteiger partial charge in [-0.15, -0.1) is 0 Å². The van der Waals surface area contributed by atoms with Gasteiger partial charge < -0.3 is 4.57 Å². The first kappa shape index (κ1) is 12.2. The van der Waals surface area contributed by atoms with Crippen LogP contribution in [0.1, 0.15) is 25.3 Å². The Kier molecular flexibility index (Phi) is 4.82. The molecule has 0 spiro atoms. The number of aromatic nitrogens is 1. The maximum absolute atomic E-state index is 4.45. The zero-order chi connectivity index (χ0) is 11.3. The minimum Gasteiger partial charge on any atom is -0.335 e. The van der Waals surface area contributed by atoms with E-state index in [-0.39, 0.29) is 0 Å². The minimum atomic E-state index is 1.01. The van der Waals surface area contributed by atoms with Gasteiger partial charge in [0.2, 0.25) is 0 Å². The summed E-state index contributed by atoms with van der Waals surface area (Å²) < 4.78 is 3.11. The molecule has 0 fully saturated rings. The molecule has 15 heavy (non-hydrogen) atoms. The van der Waals surface area contributed by atoms with Crippen molar-refractivity contribution in [3.05, 3.63) is 40.1 Å². The van der Waals surface area contributed by atoms with Gasteiger partial charge in [0.05, 0.1) is 0 Å². The van der Waals surface area contributed by atoms with Crippen LogP contribution in [0.5, 0.6) is 0 Å². The van der Waals surface area contributed by atoms with E-state index in [4.69, 9.17) is 0 Å². The first-order chi connectivity index (χ1) is 7.15. The summed E-state index contributed by atoms with van der Waals surface area (Å²) in [5.41, 5.74) is 2.18. The van der Waals surface area contributed by atoms with Crippen LogP contribution in [-0.2, 0) is 7.05 Å². The molecule has 1 rings (SSSR count). The fourth-order valence-electron chi connectivity index (χ4n) is 1.39. The lowest BCUT2D eigenvalue weighted by Gasteiger charge is -2.03. The zero-order valence-electron chi connectivity index (χ0n) is 9.50. The molecule has 0 saturated heterocycles. The largest absolute Gasteiger partial charge is 0.335 e. The van der Waals surface area contributed by atoms with Crippen LogP contribution in [0.25, 0.3) is 0 Å². The highest BCUT2D eigenvalue weighted by molar-refractivity contribution is 9.10. The second kappa shape index (κ2) is 5.91. The van der Waals surface area contributed by atoms with Gasteiger partial charge in [-0.2, -0.15) is 0 Å². The molecule has 0 aromatic carbocycles. The van der Waals surface area contributed by atoms with Crippen molar-refractivity contribution in [2.75, 3.05) is 0 Å². The molecule has 0 unspecified atom stereocenters. The van der Waals surface area contributed by atoms with Crippen molar-refractivity contribution in [2.45, 2.75) is 26.7 Å². The average molecular weight is 269 g/mol. The van der Waals surface area contributed by atoms with Crippen molar-refractivity contribution in [3.8, 4) is 0 Å². The normalized spacial score (nSPS) is 12.7. The third-order valence-corrected chi connectivity index (χ3v) is 2.55. The van der Waals surface area contributed by atoms with Gasteiger partial charge in [0.25, 0.3) is 0 Å². The van der Waals surface area contributed by atoms with Crippen LogP contribution < -0.4 is 5.49 Å². The molecular formula is C12H17BrN2. The fraction of sp³-hybridized carbons (Fsp3) is 0.417. The lowest BCUT2D eigenvalue weighted by Crippen LogP contribution is -2.19. The molecule has 1 aromatic heterocycles. The number of nitrogens with zero attached hydrogens (tertiary/aromatic N) is 2. The van der Waals surface area contributed by atoms with Gasteiger partial charge in [-0.05, 0) is 40.9 Å². The summed E-state index contributed by atoms with van der Waals surface area (Å²) in [6.45, 7) is 4.23. The molecule has 2 nitrogen and oxygen atoms in total. The number of hydrogen-bond acceptors (Lipinski definition) is 1. The third kappa shape index (κ3) is 3.67. The molecule has 0 atom stereocenters. The number of unbranched alkanes of at least 4 members (excludes halogenated alkanes) is 1. The van der Waals surface area contributed by atoms with E-state index in [0.29, 0.717) is 0 Å². The third-order valence-electron chi connectivity index (χ3n) is 2.12. The predicted octanol–water partition coefficient (Wildman–Crippen LogP) is 3.31. The summed E-state index contributed by atoms with van der Waals surface area (Å²) in [7, 11) is 2.00. The van der Waals surface area contributed by atoms with E-state index < -0.39 is 0 Å². The zero-order valence-corrected chi connectivity index (χ0v) is 11.1. The number of aryl methyl sites for hydroxylation is 2. The number of pyridine rings is 1. The van der Waals surface area contributed by atoms with Gasteiger partial charge in [0.15, 0.2) is 0 Å². The van der Waals surface area contributed by atoms with Crippen molar-refractivity contribution in [1.82, 2.24) is 4.57 Å². The highest BCUT2D eigenvalue weighted by atomic mass is 79.9. The molecule has 3 heteroatoms. The fourth-order valence-corrected chi connectivity index (χ4v) is 2.04. The van der Waals surface area contributed by atoms with Gasteiger partial charge in [0.1, 0.15) is 5.49 Å². The summed E-state index contributed by atoms with van der Waals surface area (Å²) in [6.07, 6.45) is 8.25. The molecule has 0 radical (unpaired) electrons. The molecule has 0 amide bonds. The van der Waals surface area contributed by atoms with Crippen molar-refractivity contribution in [1.29, 1.82) is 0 Å². The van der Waals surface area contributed by atoms with E-state index in [9.17, 15) is 0 Å². The van der Waals surface area contributed by atoms with E-state index in [2.05, 4.69) is 46.9 Å².